The van der Waals surface area contributed by atoms with E-state index in [0.29, 0.717) is 24.3 Å². The molecule has 0 bridgehead atoms. The third-order valence-electron chi connectivity index (χ3n) is 4.07. The van der Waals surface area contributed by atoms with Gasteiger partial charge in [0.2, 0.25) is 0 Å². The lowest BCUT2D eigenvalue weighted by Crippen LogP contribution is -2.32. The fourth-order valence-corrected chi connectivity index (χ4v) is 2.90. The second kappa shape index (κ2) is 6.02. The van der Waals surface area contributed by atoms with E-state index in [9.17, 15) is 9.18 Å². The molecule has 0 saturated heterocycles. The van der Waals surface area contributed by atoms with Crippen LogP contribution in [0.3, 0.4) is 0 Å². The van der Waals surface area contributed by atoms with Crippen molar-refractivity contribution in [1.29, 1.82) is 0 Å². The minimum absolute atomic E-state index is 0.230. The number of nitrogens with one attached hydrogen (secondary N) is 1. The van der Waals surface area contributed by atoms with Crippen LogP contribution in [-0.2, 0) is 7.05 Å². The number of benzene rings is 1. The molecule has 3 rings (SSSR count). The summed E-state index contributed by atoms with van der Waals surface area (Å²) in [6, 6.07) is 6.29. The lowest BCUT2D eigenvalue weighted by molar-refractivity contribution is 0.0918. The van der Waals surface area contributed by atoms with Crippen LogP contribution < -0.4 is 10.1 Å². The third kappa shape index (κ3) is 2.93. The van der Waals surface area contributed by atoms with Gasteiger partial charge in [-0.2, -0.15) is 5.10 Å². The van der Waals surface area contributed by atoms with Crippen molar-refractivity contribution in [3.63, 3.8) is 0 Å². The molecule has 1 aromatic carbocycles. The van der Waals surface area contributed by atoms with Crippen molar-refractivity contribution in [2.24, 2.45) is 7.05 Å². The number of ether oxygens (including phenoxy) is 1. The van der Waals surface area contributed by atoms with Crippen LogP contribution >= 0.6 is 0 Å². The van der Waals surface area contributed by atoms with Gasteiger partial charge in [-0.15, -0.1) is 0 Å². The molecule has 1 N–H and O–H groups in total. The van der Waals surface area contributed by atoms with Gasteiger partial charge in [0.25, 0.3) is 5.91 Å². The Bertz CT molecular complexity index is 739. The number of para-hydroxylation sites is 1. The van der Waals surface area contributed by atoms with Crippen LogP contribution in [0.15, 0.2) is 24.3 Å². The Morgan fingerprint density at radius 1 is 1.48 bits per heavy atom. The highest BCUT2D eigenvalue weighted by molar-refractivity contribution is 5.92. The molecule has 5 nitrogen and oxygen atoms in total. The lowest BCUT2D eigenvalue weighted by Gasteiger charge is -2.26. The van der Waals surface area contributed by atoms with Gasteiger partial charge in [0, 0.05) is 24.7 Å². The molecule has 0 aliphatic carbocycles. The molecule has 1 amide bonds. The second-order valence-electron chi connectivity index (χ2n) is 6.05. The Kier molecular flexibility index (Phi) is 4.07. The van der Waals surface area contributed by atoms with Gasteiger partial charge in [-0.25, -0.2) is 4.39 Å². The van der Waals surface area contributed by atoms with Crippen molar-refractivity contribution in [2.75, 3.05) is 6.61 Å². The van der Waals surface area contributed by atoms with Crippen molar-refractivity contribution in [1.82, 2.24) is 15.1 Å². The summed E-state index contributed by atoms with van der Waals surface area (Å²) in [6.07, 6.45) is 0.603. The van der Waals surface area contributed by atoms with E-state index in [1.54, 1.807) is 22.9 Å². The van der Waals surface area contributed by atoms with Crippen LogP contribution in [-0.4, -0.2) is 22.3 Å². The number of fused-ring (bicyclic) bond motifs is 1. The van der Waals surface area contributed by atoms with Gasteiger partial charge in [0.1, 0.15) is 5.69 Å². The molecule has 0 saturated carbocycles. The van der Waals surface area contributed by atoms with Crippen LogP contribution in [0.2, 0.25) is 0 Å². The molecular weight excluding hydrogens is 297 g/mol. The summed E-state index contributed by atoms with van der Waals surface area (Å²) in [4.78, 5) is 12.5. The highest BCUT2D eigenvalue weighted by Gasteiger charge is 2.26. The van der Waals surface area contributed by atoms with E-state index < -0.39 is 5.82 Å². The van der Waals surface area contributed by atoms with Crippen molar-refractivity contribution in [2.45, 2.75) is 32.2 Å². The maximum atomic E-state index is 13.8. The molecule has 0 fully saturated rings. The van der Waals surface area contributed by atoms with E-state index in [2.05, 4.69) is 24.3 Å². The molecule has 0 spiro atoms. The number of hydrogen-bond acceptors (Lipinski definition) is 3. The van der Waals surface area contributed by atoms with Crippen LogP contribution in [0.5, 0.6) is 5.75 Å². The fraction of sp³-hybridized carbons (Fsp3) is 0.412. The smallest absolute Gasteiger partial charge is 0.272 e. The molecule has 2 aromatic rings. The summed E-state index contributed by atoms with van der Waals surface area (Å²) in [5.41, 5.74) is 2.04. The Balaban J connectivity index is 1.82. The summed E-state index contributed by atoms with van der Waals surface area (Å²) in [5, 5.41) is 7.21. The summed E-state index contributed by atoms with van der Waals surface area (Å²) >= 11 is 0. The molecule has 6 heteroatoms. The Labute approximate surface area is 134 Å². The number of aryl methyl sites for hydroxylation is 1. The minimum Gasteiger partial charge on any atom is -0.490 e. The van der Waals surface area contributed by atoms with Gasteiger partial charge in [-0.05, 0) is 18.1 Å². The Hall–Kier alpha value is -2.37. The quantitative estimate of drug-likeness (QED) is 0.947. The van der Waals surface area contributed by atoms with Gasteiger partial charge in [0.15, 0.2) is 11.6 Å². The normalized spacial score (nSPS) is 16.8. The van der Waals surface area contributed by atoms with Crippen LogP contribution in [0.25, 0.3) is 0 Å². The zero-order chi connectivity index (χ0) is 16.6. The maximum absolute atomic E-state index is 13.8. The van der Waals surface area contributed by atoms with Crippen LogP contribution in [0.4, 0.5) is 4.39 Å². The average molecular weight is 317 g/mol. The monoisotopic (exact) mass is 317 g/mol. The van der Waals surface area contributed by atoms with Crippen molar-refractivity contribution in [3.05, 3.63) is 47.0 Å². The number of hydrogen-bond donors (Lipinski definition) is 1. The molecule has 1 atom stereocenters. The van der Waals surface area contributed by atoms with Crippen molar-refractivity contribution in [3.8, 4) is 5.75 Å². The molecule has 23 heavy (non-hydrogen) atoms. The molecule has 0 radical (unpaired) electrons. The highest BCUT2D eigenvalue weighted by atomic mass is 19.1. The molecule has 1 aliphatic heterocycles. The molecule has 0 unspecified atom stereocenters. The molecule has 1 aromatic heterocycles. The number of nitrogens with zero attached hydrogens (tertiary/aromatic N) is 2. The number of rotatable bonds is 3. The minimum atomic E-state index is -0.402. The zero-order valence-electron chi connectivity index (χ0n) is 13.5. The first kappa shape index (κ1) is 15.5. The first-order chi connectivity index (χ1) is 11.0. The first-order valence-corrected chi connectivity index (χ1v) is 7.73. The van der Waals surface area contributed by atoms with E-state index in [-0.39, 0.29) is 23.6 Å². The van der Waals surface area contributed by atoms with Gasteiger partial charge in [-0.1, -0.05) is 26.0 Å². The zero-order valence-corrected chi connectivity index (χ0v) is 13.5. The van der Waals surface area contributed by atoms with E-state index >= 15 is 0 Å². The molecule has 122 valence electrons. The standard InChI is InChI=1S/C17H20FN3O2/c1-10(2)15-9-14(20-21(15)3)17(22)19-13-7-8-23-16-11(13)5-4-6-12(16)18/h4-6,9-10,13H,7-8H2,1-3H3,(H,19,22)/t13-/m0/s1. The fourth-order valence-electron chi connectivity index (χ4n) is 2.90. The van der Waals surface area contributed by atoms with Gasteiger partial charge in [-0.3, -0.25) is 9.48 Å². The molecule has 2 heterocycles. The predicted octanol–water partition coefficient (Wildman–Crippen LogP) is 2.94. The van der Waals surface area contributed by atoms with E-state index in [1.165, 1.54) is 6.07 Å². The summed E-state index contributed by atoms with van der Waals surface area (Å²) in [7, 11) is 1.82. The SMILES string of the molecule is CC(C)c1cc(C(=O)N[C@H]2CCOc3c(F)cccc32)nn1C. The van der Waals surface area contributed by atoms with Crippen molar-refractivity contribution >= 4 is 5.91 Å². The van der Waals surface area contributed by atoms with Gasteiger partial charge < -0.3 is 10.1 Å². The van der Waals surface area contributed by atoms with Crippen molar-refractivity contribution < 1.29 is 13.9 Å². The largest absolute Gasteiger partial charge is 0.490 e. The summed E-state index contributed by atoms with van der Waals surface area (Å²) in [6.45, 7) is 4.48. The van der Waals surface area contributed by atoms with Gasteiger partial charge >= 0.3 is 0 Å². The summed E-state index contributed by atoms with van der Waals surface area (Å²) in [5.74, 6) is -0.143. The topological polar surface area (TPSA) is 56.1 Å². The molecular formula is C17H20FN3O2. The van der Waals surface area contributed by atoms with Crippen LogP contribution in [0.1, 0.15) is 54.0 Å². The lowest BCUT2D eigenvalue weighted by atomic mass is 10.00. The van der Waals surface area contributed by atoms with Gasteiger partial charge in [0.05, 0.1) is 12.6 Å². The number of carbonyl (C=O) groups excluding carboxylic acids is 1. The Morgan fingerprint density at radius 3 is 2.96 bits per heavy atom. The maximum Gasteiger partial charge on any atom is 0.272 e. The summed E-state index contributed by atoms with van der Waals surface area (Å²) < 4.78 is 20.9. The average Bonchev–Trinajstić information content (AvgIpc) is 2.91. The predicted molar refractivity (Wildman–Crippen MR) is 84.0 cm³/mol. The molecule has 1 aliphatic rings. The number of amides is 1. The van der Waals surface area contributed by atoms with Crippen LogP contribution in [0, 0.1) is 5.82 Å². The number of aromatic nitrogens is 2. The third-order valence-corrected chi connectivity index (χ3v) is 4.07. The van der Waals surface area contributed by atoms with E-state index in [1.807, 2.05) is 7.05 Å². The number of carbonyl (C=O) groups is 1. The number of halogens is 1. The first-order valence-electron chi connectivity index (χ1n) is 7.73. The van der Waals surface area contributed by atoms with E-state index in [4.69, 9.17) is 4.74 Å². The Morgan fingerprint density at radius 2 is 2.26 bits per heavy atom. The van der Waals surface area contributed by atoms with E-state index in [0.717, 1.165) is 5.69 Å². The highest BCUT2D eigenvalue weighted by Crippen LogP contribution is 2.34. The second-order valence-corrected chi connectivity index (χ2v) is 6.05.